The summed E-state index contributed by atoms with van der Waals surface area (Å²) in [6.45, 7) is 0. The molecule has 0 bridgehead atoms. The van der Waals surface area contributed by atoms with Gasteiger partial charge in [-0.3, -0.25) is 0 Å². The van der Waals surface area contributed by atoms with Crippen LogP contribution < -0.4 is 0 Å². The third kappa shape index (κ3) is 4.88. The van der Waals surface area contributed by atoms with Crippen LogP contribution in [0.1, 0.15) is 40.8 Å². The van der Waals surface area contributed by atoms with Crippen molar-refractivity contribution in [1.82, 2.24) is 9.55 Å². The molecule has 1 heterocycles. The van der Waals surface area contributed by atoms with E-state index in [0.717, 1.165) is 25.0 Å². The highest BCUT2D eigenvalue weighted by molar-refractivity contribution is 5.52. The zero-order chi connectivity index (χ0) is 23.8. The maximum atomic E-state index is 4.79. The Kier molecular flexibility index (Phi) is 7.00. The van der Waals surface area contributed by atoms with E-state index in [0.29, 0.717) is 0 Å². The summed E-state index contributed by atoms with van der Waals surface area (Å²) in [6.07, 6.45) is 11.8. The molecule has 0 aliphatic heterocycles. The second-order valence-corrected chi connectivity index (χ2v) is 8.79. The van der Waals surface area contributed by atoms with Gasteiger partial charge >= 0.3 is 0 Å². The van der Waals surface area contributed by atoms with Gasteiger partial charge in [0, 0.05) is 6.20 Å². The van der Waals surface area contributed by atoms with Crippen LogP contribution in [0.2, 0.25) is 0 Å². The van der Waals surface area contributed by atoms with Gasteiger partial charge in [0.2, 0.25) is 0 Å². The first-order valence-electron chi connectivity index (χ1n) is 12.3. The normalized spacial score (nSPS) is 11.7. The van der Waals surface area contributed by atoms with Crippen LogP contribution in [0, 0.1) is 0 Å². The van der Waals surface area contributed by atoms with Crippen LogP contribution in [0.25, 0.3) is 6.08 Å². The summed E-state index contributed by atoms with van der Waals surface area (Å²) < 4.78 is 2.26. The fourth-order valence-electron chi connectivity index (χ4n) is 4.87. The van der Waals surface area contributed by atoms with Crippen molar-refractivity contribution in [2.75, 3.05) is 0 Å². The van der Waals surface area contributed by atoms with Gasteiger partial charge in [-0.1, -0.05) is 127 Å². The van der Waals surface area contributed by atoms with Gasteiger partial charge in [0.25, 0.3) is 0 Å². The van der Waals surface area contributed by atoms with E-state index in [1.54, 1.807) is 0 Å². The lowest BCUT2D eigenvalue weighted by molar-refractivity contribution is 0.514. The van der Waals surface area contributed by atoms with Crippen LogP contribution in [-0.4, -0.2) is 9.55 Å². The number of unbranched alkanes of at least 4 members (excludes halogenated alkanes) is 1. The fourth-order valence-corrected chi connectivity index (χ4v) is 4.87. The van der Waals surface area contributed by atoms with Gasteiger partial charge in [0.1, 0.15) is 5.54 Å². The van der Waals surface area contributed by atoms with Gasteiger partial charge in [-0.15, -0.1) is 0 Å². The van der Waals surface area contributed by atoms with E-state index in [1.165, 1.54) is 22.3 Å². The molecule has 35 heavy (non-hydrogen) atoms. The molecular weight excluding hydrogens is 424 g/mol. The molecular formula is C33H30N2. The van der Waals surface area contributed by atoms with E-state index in [1.807, 2.05) is 6.33 Å². The quantitative estimate of drug-likeness (QED) is 0.164. The minimum atomic E-state index is -0.518. The molecule has 0 aliphatic carbocycles. The molecule has 0 aliphatic rings. The first-order chi connectivity index (χ1) is 17.4. The lowest BCUT2D eigenvalue weighted by atomic mass is 9.77. The van der Waals surface area contributed by atoms with Gasteiger partial charge in [-0.05, 0) is 47.6 Å². The second kappa shape index (κ2) is 10.8. The van der Waals surface area contributed by atoms with Gasteiger partial charge in [0.05, 0.1) is 12.0 Å². The maximum absolute atomic E-state index is 4.79. The molecule has 0 saturated carbocycles. The number of imidazole rings is 1. The summed E-state index contributed by atoms with van der Waals surface area (Å²) in [5.74, 6) is 0. The molecule has 2 heteroatoms. The third-order valence-corrected chi connectivity index (χ3v) is 6.53. The molecule has 0 saturated heterocycles. The summed E-state index contributed by atoms with van der Waals surface area (Å²) in [5.41, 5.74) is 5.45. The highest BCUT2D eigenvalue weighted by Gasteiger charge is 2.38. The van der Waals surface area contributed by atoms with Crippen molar-refractivity contribution in [2.45, 2.75) is 24.8 Å². The van der Waals surface area contributed by atoms with E-state index in [2.05, 4.69) is 144 Å². The average Bonchev–Trinajstić information content (AvgIpc) is 3.40. The summed E-state index contributed by atoms with van der Waals surface area (Å²) in [6, 6.07) is 42.8. The Hall–Kier alpha value is -4.17. The van der Waals surface area contributed by atoms with Crippen molar-refractivity contribution >= 4 is 6.08 Å². The molecule has 0 radical (unpaired) electrons. The van der Waals surface area contributed by atoms with Gasteiger partial charge in [0.15, 0.2) is 0 Å². The first-order valence-corrected chi connectivity index (χ1v) is 12.3. The van der Waals surface area contributed by atoms with Crippen LogP contribution in [-0.2, 0) is 12.0 Å². The largest absolute Gasteiger partial charge is 0.318 e. The predicted octanol–water partition coefficient (Wildman–Crippen LogP) is 7.76. The second-order valence-electron chi connectivity index (χ2n) is 8.79. The van der Waals surface area contributed by atoms with Gasteiger partial charge < -0.3 is 4.57 Å². The summed E-state index contributed by atoms with van der Waals surface area (Å²) in [5, 5.41) is 0. The van der Waals surface area contributed by atoms with Crippen LogP contribution in [0.15, 0.2) is 140 Å². The number of benzene rings is 4. The van der Waals surface area contributed by atoms with Crippen molar-refractivity contribution < 1.29 is 0 Å². The Balaban J connectivity index is 1.49. The standard InChI is InChI=1S/C33H30N2/c1-6-16-28(17-7-1)18-8-2-15-25-32-26-35(27-34-32)33(29-19-9-3-10-20-29,30-21-11-4-12-22-30)31-23-13-5-14-24-31/h1,3-7,9-17,19-27H,2,8,18H2/b25-15-. The van der Waals surface area contributed by atoms with E-state index >= 15 is 0 Å². The Bertz CT molecular complexity index is 1240. The topological polar surface area (TPSA) is 17.8 Å². The SMILES string of the molecule is C(=C/c1cn(C(c2ccccc2)(c2ccccc2)c2ccccc2)cn1)/CCCc1ccccc1. The van der Waals surface area contributed by atoms with Crippen LogP contribution in [0.3, 0.4) is 0 Å². The maximum Gasteiger partial charge on any atom is 0.121 e. The number of hydrogen-bond donors (Lipinski definition) is 0. The van der Waals surface area contributed by atoms with E-state index in [4.69, 9.17) is 4.98 Å². The van der Waals surface area contributed by atoms with Crippen molar-refractivity contribution in [2.24, 2.45) is 0 Å². The lowest BCUT2D eigenvalue weighted by Gasteiger charge is -2.37. The molecule has 0 N–H and O–H groups in total. The number of nitrogens with zero attached hydrogens (tertiary/aromatic N) is 2. The van der Waals surface area contributed by atoms with Gasteiger partial charge in [-0.2, -0.15) is 0 Å². The summed E-state index contributed by atoms with van der Waals surface area (Å²) in [4.78, 5) is 4.79. The molecule has 0 spiro atoms. The third-order valence-electron chi connectivity index (χ3n) is 6.53. The number of allylic oxidation sites excluding steroid dienone is 1. The first kappa shape index (κ1) is 22.6. The molecule has 172 valence electrons. The highest BCUT2D eigenvalue weighted by Crippen LogP contribution is 2.40. The zero-order valence-corrected chi connectivity index (χ0v) is 19.9. The van der Waals surface area contributed by atoms with Crippen molar-refractivity contribution in [3.8, 4) is 0 Å². The molecule has 0 amide bonds. The Morgan fingerprint density at radius 3 is 1.63 bits per heavy atom. The molecule has 5 rings (SSSR count). The number of hydrogen-bond acceptors (Lipinski definition) is 1. The predicted molar refractivity (Wildman–Crippen MR) is 145 cm³/mol. The smallest absolute Gasteiger partial charge is 0.121 e. The lowest BCUT2D eigenvalue weighted by Crippen LogP contribution is -2.36. The average molecular weight is 455 g/mol. The molecule has 5 aromatic rings. The number of aromatic nitrogens is 2. The highest BCUT2D eigenvalue weighted by atomic mass is 15.1. The van der Waals surface area contributed by atoms with E-state index in [-0.39, 0.29) is 0 Å². The number of rotatable bonds is 9. The molecule has 2 nitrogen and oxygen atoms in total. The molecule has 0 atom stereocenters. The summed E-state index contributed by atoms with van der Waals surface area (Å²) in [7, 11) is 0. The van der Waals surface area contributed by atoms with Crippen molar-refractivity contribution in [3.05, 3.63) is 168 Å². The molecule has 1 aromatic heterocycles. The van der Waals surface area contributed by atoms with Crippen molar-refractivity contribution in [1.29, 1.82) is 0 Å². The fraction of sp³-hybridized carbons (Fsp3) is 0.121. The Morgan fingerprint density at radius 2 is 1.11 bits per heavy atom. The minimum Gasteiger partial charge on any atom is -0.318 e. The van der Waals surface area contributed by atoms with E-state index < -0.39 is 5.54 Å². The van der Waals surface area contributed by atoms with Gasteiger partial charge in [-0.25, -0.2) is 4.98 Å². The molecule has 4 aromatic carbocycles. The minimum absolute atomic E-state index is 0.518. The van der Waals surface area contributed by atoms with Crippen LogP contribution in [0.5, 0.6) is 0 Å². The van der Waals surface area contributed by atoms with Crippen LogP contribution >= 0.6 is 0 Å². The van der Waals surface area contributed by atoms with Crippen molar-refractivity contribution in [3.63, 3.8) is 0 Å². The number of aryl methyl sites for hydroxylation is 1. The Morgan fingerprint density at radius 1 is 0.629 bits per heavy atom. The Labute approximate surface area is 208 Å². The molecule has 0 unspecified atom stereocenters. The molecule has 0 fully saturated rings. The monoisotopic (exact) mass is 454 g/mol. The van der Waals surface area contributed by atoms with Crippen LogP contribution in [0.4, 0.5) is 0 Å². The summed E-state index contributed by atoms with van der Waals surface area (Å²) >= 11 is 0. The zero-order valence-electron chi connectivity index (χ0n) is 19.9. The van der Waals surface area contributed by atoms with E-state index in [9.17, 15) is 0 Å².